The molecule has 0 aromatic heterocycles. The van der Waals surface area contributed by atoms with Gasteiger partial charge in [-0.15, -0.1) is 11.8 Å². The van der Waals surface area contributed by atoms with Crippen molar-refractivity contribution in [2.45, 2.75) is 13.3 Å². The Kier molecular flexibility index (Phi) is 2.27. The van der Waals surface area contributed by atoms with Crippen molar-refractivity contribution in [3.05, 3.63) is 17.5 Å². The van der Waals surface area contributed by atoms with Crippen LogP contribution in [0.3, 0.4) is 0 Å². The van der Waals surface area contributed by atoms with E-state index in [0.29, 0.717) is 0 Å². The standard InChI is InChI=1S/C6H10NS/c1-2-3-7-4-5-8-6-7/h4-6H,2-3H2,1H3. The summed E-state index contributed by atoms with van der Waals surface area (Å²) < 4.78 is 0. The van der Waals surface area contributed by atoms with Crippen LogP contribution in [0.1, 0.15) is 13.3 Å². The summed E-state index contributed by atoms with van der Waals surface area (Å²) in [6, 6.07) is 0. The maximum absolute atomic E-state index is 2.20. The molecular formula is C6H10NS. The Bertz CT molecular complexity index is 90.5. The van der Waals surface area contributed by atoms with Crippen LogP contribution in [0, 0.1) is 5.88 Å². The molecule has 45 valence electrons. The highest BCUT2D eigenvalue weighted by Crippen LogP contribution is 2.19. The number of hydrogen-bond acceptors (Lipinski definition) is 2. The van der Waals surface area contributed by atoms with Gasteiger partial charge in [0.2, 0.25) is 0 Å². The van der Waals surface area contributed by atoms with E-state index >= 15 is 0 Å². The van der Waals surface area contributed by atoms with Gasteiger partial charge >= 0.3 is 0 Å². The molecule has 0 N–H and O–H groups in total. The van der Waals surface area contributed by atoms with Crippen molar-refractivity contribution in [2.24, 2.45) is 0 Å². The van der Waals surface area contributed by atoms with Gasteiger partial charge in [0.05, 0.1) is 0 Å². The Labute approximate surface area is 54.8 Å². The average molecular weight is 128 g/mol. The lowest BCUT2D eigenvalue weighted by atomic mass is 10.5. The third-order valence-corrected chi connectivity index (χ3v) is 1.68. The smallest absolute Gasteiger partial charge is 0.109 e. The van der Waals surface area contributed by atoms with E-state index in [4.69, 9.17) is 0 Å². The van der Waals surface area contributed by atoms with Crippen LogP contribution < -0.4 is 0 Å². The van der Waals surface area contributed by atoms with Gasteiger partial charge in [-0.2, -0.15) is 0 Å². The molecule has 1 aliphatic heterocycles. The fourth-order valence-corrected chi connectivity index (χ4v) is 1.28. The predicted octanol–water partition coefficient (Wildman–Crippen LogP) is 2.04. The zero-order valence-electron chi connectivity index (χ0n) is 5.00. The monoisotopic (exact) mass is 128 g/mol. The summed E-state index contributed by atoms with van der Waals surface area (Å²) in [5.74, 6) is 2.13. The molecule has 0 aliphatic carbocycles. The van der Waals surface area contributed by atoms with Gasteiger partial charge in [0, 0.05) is 12.7 Å². The van der Waals surface area contributed by atoms with Crippen molar-refractivity contribution in [3.8, 4) is 0 Å². The molecule has 8 heavy (non-hydrogen) atoms. The van der Waals surface area contributed by atoms with Crippen LogP contribution in [0.5, 0.6) is 0 Å². The number of thioether (sulfide) groups is 1. The molecule has 0 unspecified atom stereocenters. The van der Waals surface area contributed by atoms with Gasteiger partial charge < -0.3 is 4.90 Å². The van der Waals surface area contributed by atoms with Gasteiger partial charge in [0.25, 0.3) is 0 Å². The summed E-state index contributed by atoms with van der Waals surface area (Å²) in [6.45, 7) is 3.34. The summed E-state index contributed by atoms with van der Waals surface area (Å²) in [6.07, 6.45) is 3.33. The summed E-state index contributed by atoms with van der Waals surface area (Å²) in [7, 11) is 0. The molecule has 0 atom stereocenters. The SMILES string of the molecule is CCCN1[CH]SC=C1. The number of hydrogen-bond donors (Lipinski definition) is 0. The zero-order valence-corrected chi connectivity index (χ0v) is 5.82. The van der Waals surface area contributed by atoms with E-state index in [1.54, 1.807) is 11.8 Å². The molecule has 0 fully saturated rings. The van der Waals surface area contributed by atoms with Gasteiger partial charge in [0.1, 0.15) is 5.88 Å². The second-order valence-electron chi connectivity index (χ2n) is 1.76. The van der Waals surface area contributed by atoms with Crippen molar-refractivity contribution < 1.29 is 0 Å². The van der Waals surface area contributed by atoms with Crippen LogP contribution in [0.25, 0.3) is 0 Å². The molecule has 2 heteroatoms. The van der Waals surface area contributed by atoms with Crippen LogP contribution in [-0.4, -0.2) is 11.4 Å². The van der Waals surface area contributed by atoms with E-state index in [1.165, 1.54) is 6.42 Å². The molecule has 1 aliphatic rings. The molecule has 0 saturated carbocycles. The van der Waals surface area contributed by atoms with Gasteiger partial charge in [0.15, 0.2) is 0 Å². The van der Waals surface area contributed by atoms with Crippen LogP contribution in [0.4, 0.5) is 0 Å². The largest absolute Gasteiger partial charge is 0.362 e. The zero-order chi connectivity index (χ0) is 5.82. The molecule has 0 saturated heterocycles. The first-order valence-electron chi connectivity index (χ1n) is 2.84. The highest BCUT2D eigenvalue weighted by Gasteiger charge is 2.01. The molecule has 0 aromatic carbocycles. The highest BCUT2D eigenvalue weighted by molar-refractivity contribution is 8.04. The molecular weight excluding hydrogens is 118 g/mol. The van der Waals surface area contributed by atoms with Gasteiger partial charge in [-0.3, -0.25) is 0 Å². The third kappa shape index (κ3) is 1.44. The van der Waals surface area contributed by atoms with Crippen molar-refractivity contribution in [1.82, 2.24) is 4.90 Å². The quantitative estimate of drug-likeness (QED) is 0.560. The molecule has 1 radical (unpaired) electrons. The first kappa shape index (κ1) is 6.02. The van der Waals surface area contributed by atoms with Gasteiger partial charge in [-0.05, 0) is 11.8 Å². The van der Waals surface area contributed by atoms with E-state index in [9.17, 15) is 0 Å². The Morgan fingerprint density at radius 2 is 2.50 bits per heavy atom. The fraction of sp³-hybridized carbons (Fsp3) is 0.500. The fourth-order valence-electron chi connectivity index (χ4n) is 0.647. The number of nitrogens with zero attached hydrogens (tertiary/aromatic N) is 1. The minimum Gasteiger partial charge on any atom is -0.362 e. The Morgan fingerprint density at radius 3 is 3.00 bits per heavy atom. The Hall–Kier alpha value is -0.110. The summed E-state index contributed by atoms with van der Waals surface area (Å²) in [4.78, 5) is 2.20. The second-order valence-corrected chi connectivity index (χ2v) is 2.52. The van der Waals surface area contributed by atoms with Gasteiger partial charge in [-0.25, -0.2) is 0 Å². The van der Waals surface area contributed by atoms with Crippen molar-refractivity contribution >= 4 is 11.8 Å². The predicted molar refractivity (Wildman–Crippen MR) is 38.0 cm³/mol. The van der Waals surface area contributed by atoms with Crippen LogP contribution >= 0.6 is 11.8 Å². The summed E-state index contributed by atoms with van der Waals surface area (Å²) in [5, 5.41) is 2.09. The van der Waals surface area contributed by atoms with Crippen LogP contribution in [0.2, 0.25) is 0 Å². The number of rotatable bonds is 2. The molecule has 1 rings (SSSR count). The van der Waals surface area contributed by atoms with E-state index in [0.717, 1.165) is 6.54 Å². The highest BCUT2D eigenvalue weighted by atomic mass is 32.2. The maximum Gasteiger partial charge on any atom is 0.109 e. The van der Waals surface area contributed by atoms with Crippen molar-refractivity contribution in [3.63, 3.8) is 0 Å². The Morgan fingerprint density at radius 1 is 1.62 bits per heavy atom. The molecule has 0 spiro atoms. The lowest BCUT2D eigenvalue weighted by Gasteiger charge is -2.10. The minimum atomic E-state index is 1.16. The van der Waals surface area contributed by atoms with E-state index in [2.05, 4.69) is 29.3 Å². The molecule has 0 amide bonds. The van der Waals surface area contributed by atoms with E-state index in [-0.39, 0.29) is 0 Å². The lowest BCUT2D eigenvalue weighted by Crippen LogP contribution is -2.08. The topological polar surface area (TPSA) is 3.24 Å². The van der Waals surface area contributed by atoms with Gasteiger partial charge in [-0.1, -0.05) is 6.92 Å². The first-order valence-corrected chi connectivity index (χ1v) is 3.79. The molecule has 0 bridgehead atoms. The Balaban J connectivity index is 2.16. The average Bonchev–Trinajstić information content (AvgIpc) is 2.19. The third-order valence-electron chi connectivity index (χ3n) is 1.01. The summed E-state index contributed by atoms with van der Waals surface area (Å²) in [5.41, 5.74) is 0. The van der Waals surface area contributed by atoms with E-state index in [1.807, 2.05) is 0 Å². The minimum absolute atomic E-state index is 1.16. The van der Waals surface area contributed by atoms with Crippen LogP contribution in [-0.2, 0) is 0 Å². The normalized spacial score (nSPS) is 17.9. The molecule has 1 nitrogen and oxygen atoms in total. The molecule has 1 heterocycles. The first-order chi connectivity index (χ1) is 3.93. The van der Waals surface area contributed by atoms with E-state index < -0.39 is 0 Å². The van der Waals surface area contributed by atoms with Crippen molar-refractivity contribution in [1.29, 1.82) is 0 Å². The maximum atomic E-state index is 2.20. The van der Waals surface area contributed by atoms with Crippen LogP contribution in [0.15, 0.2) is 11.6 Å². The summed E-state index contributed by atoms with van der Waals surface area (Å²) >= 11 is 1.74. The second kappa shape index (κ2) is 3.02. The van der Waals surface area contributed by atoms with Crippen molar-refractivity contribution in [2.75, 3.05) is 6.54 Å². The molecule has 0 aromatic rings. The lowest BCUT2D eigenvalue weighted by molar-refractivity contribution is 0.491.